The number of hydrogen-bond acceptors (Lipinski definition) is 8. The zero-order valence-electron chi connectivity index (χ0n) is 17.1. The molecule has 4 N–H and O–H groups in total. The van der Waals surface area contributed by atoms with Gasteiger partial charge in [-0.3, -0.25) is 0 Å². The molecule has 0 spiro atoms. The highest BCUT2D eigenvalue weighted by Gasteiger charge is 2.33. The maximum absolute atomic E-state index is 14.5. The van der Waals surface area contributed by atoms with E-state index < -0.39 is 28.2 Å². The fourth-order valence-electron chi connectivity index (χ4n) is 2.59. The molecule has 0 saturated carbocycles. The van der Waals surface area contributed by atoms with Gasteiger partial charge in [0.1, 0.15) is 11.4 Å². The predicted octanol–water partition coefficient (Wildman–Crippen LogP) is 2.69. The number of aryl methyl sites for hydroxylation is 1. The number of anilines is 1. The first-order valence-electron chi connectivity index (χ1n) is 9.26. The molecule has 2 aromatic heterocycles. The number of halogens is 1. The quantitative estimate of drug-likeness (QED) is 0.445. The molecule has 0 aliphatic heterocycles. The van der Waals surface area contributed by atoms with Crippen molar-refractivity contribution >= 4 is 15.8 Å². The van der Waals surface area contributed by atoms with E-state index in [0.29, 0.717) is 17.0 Å². The van der Waals surface area contributed by atoms with Crippen molar-refractivity contribution in [3.8, 4) is 11.3 Å². The lowest BCUT2D eigenvalue weighted by Gasteiger charge is -2.28. The van der Waals surface area contributed by atoms with Gasteiger partial charge < -0.3 is 20.1 Å². The molecule has 0 radical (unpaired) electrons. The van der Waals surface area contributed by atoms with Crippen LogP contribution in [0.5, 0.6) is 0 Å². The van der Waals surface area contributed by atoms with E-state index in [0.717, 1.165) is 0 Å². The van der Waals surface area contributed by atoms with Crippen LogP contribution in [-0.4, -0.2) is 35.6 Å². The molecule has 0 saturated heterocycles. The smallest absolute Gasteiger partial charge is 0.242 e. The van der Waals surface area contributed by atoms with Crippen LogP contribution in [0, 0.1) is 6.92 Å². The van der Waals surface area contributed by atoms with Crippen molar-refractivity contribution in [2.24, 2.45) is 0 Å². The van der Waals surface area contributed by atoms with Crippen molar-refractivity contribution < 1.29 is 27.2 Å². The van der Waals surface area contributed by atoms with Gasteiger partial charge in [0, 0.05) is 17.8 Å². The Kier molecular flexibility index (Phi) is 6.41. The third-order valence-electron chi connectivity index (χ3n) is 4.26. The summed E-state index contributed by atoms with van der Waals surface area (Å²) in [7, 11) is -4.10. The number of rotatable bonds is 8. The molecule has 3 aromatic rings. The van der Waals surface area contributed by atoms with Crippen LogP contribution >= 0.6 is 0 Å². The van der Waals surface area contributed by atoms with Crippen LogP contribution in [-0.2, 0) is 14.8 Å². The molecule has 31 heavy (non-hydrogen) atoms. The fraction of sp³-hybridized carbons (Fsp3) is 0.300. The summed E-state index contributed by atoms with van der Waals surface area (Å²) < 4.78 is 53.0. The Balaban J connectivity index is 2.02. The Morgan fingerprint density at radius 2 is 1.94 bits per heavy atom. The van der Waals surface area contributed by atoms with E-state index in [1.165, 1.54) is 38.2 Å². The number of ether oxygens (including phenoxy) is 1. The molecule has 0 amide bonds. The van der Waals surface area contributed by atoms with Crippen LogP contribution < -0.4 is 10.5 Å². The molecular weight excluding hydrogens is 427 g/mol. The maximum atomic E-state index is 14.5. The lowest BCUT2D eigenvalue weighted by molar-refractivity contribution is -0.184. The number of aromatic nitrogens is 2. The second-order valence-electron chi connectivity index (χ2n) is 7.45. The summed E-state index contributed by atoms with van der Waals surface area (Å²) in [5.41, 5.74) is 5.11. The van der Waals surface area contributed by atoms with Crippen molar-refractivity contribution in [2.45, 2.75) is 43.9 Å². The Bertz CT molecular complexity index is 1150. The minimum Gasteiger partial charge on any atom is -0.385 e. The molecule has 0 aliphatic carbocycles. The van der Waals surface area contributed by atoms with Gasteiger partial charge in [-0.05, 0) is 39.0 Å². The van der Waals surface area contributed by atoms with Gasteiger partial charge in [0.15, 0.2) is 12.0 Å². The van der Waals surface area contributed by atoms with Crippen LogP contribution in [0.2, 0.25) is 0 Å². The second-order valence-corrected chi connectivity index (χ2v) is 9.17. The normalized spacial score (nSPS) is 14.4. The summed E-state index contributed by atoms with van der Waals surface area (Å²) in [6, 6.07) is 10.6. The first-order chi connectivity index (χ1) is 14.5. The highest BCUT2D eigenvalue weighted by molar-refractivity contribution is 7.89. The SMILES string of the molecule is Cc1cc(-c2cc(C(NS(=O)(=O)c3ccccc3)OC(F)C(C)(C)O)cnc2N)on1. The van der Waals surface area contributed by atoms with Crippen molar-refractivity contribution in [3.63, 3.8) is 0 Å². The minimum atomic E-state index is -4.10. The molecular formula is C20H23FN4O5S. The van der Waals surface area contributed by atoms with E-state index >= 15 is 0 Å². The van der Waals surface area contributed by atoms with Crippen LogP contribution in [0.3, 0.4) is 0 Å². The van der Waals surface area contributed by atoms with Gasteiger partial charge in [0.25, 0.3) is 0 Å². The molecule has 166 valence electrons. The van der Waals surface area contributed by atoms with Crippen LogP contribution in [0.4, 0.5) is 10.2 Å². The first kappa shape index (κ1) is 22.8. The molecule has 9 nitrogen and oxygen atoms in total. The number of benzene rings is 1. The Hall–Kier alpha value is -2.86. The number of nitrogens with two attached hydrogens (primary N) is 1. The summed E-state index contributed by atoms with van der Waals surface area (Å²) >= 11 is 0. The Labute approximate surface area is 179 Å². The summed E-state index contributed by atoms with van der Waals surface area (Å²) in [4.78, 5) is 4.00. The molecule has 2 atom stereocenters. The first-order valence-corrected chi connectivity index (χ1v) is 10.7. The zero-order chi connectivity index (χ0) is 22.8. The zero-order valence-corrected chi connectivity index (χ0v) is 17.9. The highest BCUT2D eigenvalue weighted by atomic mass is 32.2. The van der Waals surface area contributed by atoms with Crippen molar-refractivity contribution in [1.82, 2.24) is 14.9 Å². The minimum absolute atomic E-state index is 0.0447. The van der Waals surface area contributed by atoms with Crippen molar-refractivity contribution in [2.75, 3.05) is 5.73 Å². The van der Waals surface area contributed by atoms with Gasteiger partial charge >= 0.3 is 0 Å². The van der Waals surface area contributed by atoms with Gasteiger partial charge in [-0.1, -0.05) is 23.4 Å². The summed E-state index contributed by atoms with van der Waals surface area (Å²) in [5, 5.41) is 13.7. The standard InChI is InChI=1S/C20H23FN4O5S/c1-12-9-16(30-24-12)15-10-13(11-23-17(15)22)18(29-19(21)20(2,3)26)25-31(27,28)14-7-5-4-6-8-14/h4-11,18-19,25-26H,1-3H3,(H2,22,23). The van der Waals surface area contributed by atoms with Gasteiger partial charge in [0.2, 0.25) is 16.4 Å². The molecule has 1 aromatic carbocycles. The van der Waals surface area contributed by atoms with E-state index in [4.69, 9.17) is 15.0 Å². The average molecular weight is 450 g/mol. The number of sulfonamides is 1. The number of nitrogens with one attached hydrogen (secondary N) is 1. The van der Waals surface area contributed by atoms with E-state index in [-0.39, 0.29) is 16.3 Å². The largest absolute Gasteiger partial charge is 0.385 e. The van der Waals surface area contributed by atoms with Crippen molar-refractivity contribution in [1.29, 1.82) is 0 Å². The second kappa shape index (κ2) is 8.71. The van der Waals surface area contributed by atoms with Crippen LogP contribution in [0.15, 0.2) is 58.1 Å². The van der Waals surface area contributed by atoms with Crippen molar-refractivity contribution in [3.05, 3.63) is 59.9 Å². The number of nitrogen functional groups attached to an aromatic ring is 1. The van der Waals surface area contributed by atoms with E-state index in [2.05, 4.69) is 14.9 Å². The van der Waals surface area contributed by atoms with E-state index in [9.17, 15) is 17.9 Å². The monoisotopic (exact) mass is 450 g/mol. The summed E-state index contributed by atoms with van der Waals surface area (Å²) in [6.07, 6.45) is -2.50. The summed E-state index contributed by atoms with van der Waals surface area (Å²) in [6.45, 7) is 4.12. The van der Waals surface area contributed by atoms with E-state index in [1.807, 2.05) is 0 Å². The molecule has 3 rings (SSSR count). The molecule has 11 heteroatoms. The third kappa shape index (κ3) is 5.44. The number of aliphatic hydroxyl groups is 1. The lowest BCUT2D eigenvalue weighted by Crippen LogP contribution is -2.40. The Morgan fingerprint density at radius 1 is 1.26 bits per heavy atom. The number of hydrogen-bond donors (Lipinski definition) is 3. The molecule has 2 heterocycles. The molecule has 0 bridgehead atoms. The van der Waals surface area contributed by atoms with Crippen LogP contribution in [0.25, 0.3) is 11.3 Å². The molecule has 0 aliphatic rings. The third-order valence-corrected chi connectivity index (χ3v) is 5.68. The maximum Gasteiger partial charge on any atom is 0.242 e. The molecule has 0 fully saturated rings. The van der Waals surface area contributed by atoms with Gasteiger partial charge in [-0.2, -0.15) is 4.72 Å². The predicted molar refractivity (Wildman–Crippen MR) is 111 cm³/mol. The fourth-order valence-corrected chi connectivity index (χ4v) is 3.72. The average Bonchev–Trinajstić information content (AvgIpc) is 3.13. The summed E-state index contributed by atoms with van der Waals surface area (Å²) in [5.74, 6) is 0.400. The van der Waals surface area contributed by atoms with Crippen LogP contribution in [0.1, 0.15) is 31.3 Å². The van der Waals surface area contributed by atoms with Gasteiger partial charge in [-0.25, -0.2) is 17.8 Å². The lowest BCUT2D eigenvalue weighted by atomic mass is 10.1. The molecule has 2 unspecified atom stereocenters. The topological polar surface area (TPSA) is 141 Å². The highest BCUT2D eigenvalue weighted by Crippen LogP contribution is 2.30. The number of nitrogens with zero attached hydrogens (tertiary/aromatic N) is 2. The number of alkyl halides is 1. The van der Waals surface area contributed by atoms with Gasteiger partial charge in [-0.15, -0.1) is 0 Å². The number of pyridine rings is 1. The Morgan fingerprint density at radius 3 is 2.52 bits per heavy atom. The van der Waals surface area contributed by atoms with E-state index in [1.54, 1.807) is 31.2 Å². The van der Waals surface area contributed by atoms with Gasteiger partial charge in [0.05, 0.1) is 16.2 Å².